The summed E-state index contributed by atoms with van der Waals surface area (Å²) < 4.78 is 0. The van der Waals surface area contributed by atoms with E-state index in [9.17, 15) is 5.11 Å². The average molecular weight is 147 g/mol. The van der Waals surface area contributed by atoms with Crippen molar-refractivity contribution in [2.45, 2.75) is 38.0 Å². The molecule has 0 aliphatic rings. The van der Waals surface area contributed by atoms with Crippen molar-refractivity contribution in [1.29, 1.82) is 0 Å². The predicted molar refractivity (Wildman–Crippen MR) is 42.1 cm³/mol. The summed E-state index contributed by atoms with van der Waals surface area (Å²) in [6.45, 7) is 2.15. The molecule has 0 amide bonds. The Kier molecular flexibility index (Phi) is 6.65. The molecule has 0 aromatic rings. The van der Waals surface area contributed by atoms with Gasteiger partial charge in [0, 0.05) is 0 Å². The number of rotatable bonds is 5. The lowest BCUT2D eigenvalue weighted by Gasteiger charge is -2.01. The maximum Gasteiger partial charge on any atom is 0.138 e. The van der Waals surface area contributed by atoms with Gasteiger partial charge >= 0.3 is 0 Å². The van der Waals surface area contributed by atoms with Gasteiger partial charge in [-0.3, -0.25) is 0 Å². The van der Waals surface area contributed by atoms with Crippen molar-refractivity contribution in [2.75, 3.05) is 6.26 Å². The second-order valence-electron chi connectivity index (χ2n) is 2.16. The molecule has 0 aromatic carbocycles. The lowest BCUT2D eigenvalue weighted by molar-refractivity contribution is 0.154. The van der Waals surface area contributed by atoms with E-state index in [-0.39, 0.29) is 5.44 Å². The Labute approximate surface area is 61.8 Å². The van der Waals surface area contributed by atoms with E-state index < -0.39 is 0 Å². The highest BCUT2D eigenvalue weighted by Gasteiger charge is 2.00. The monoisotopic (exact) mass is 147 g/mol. The average Bonchev–Trinajstić information content (AvgIpc) is 1.89. The van der Waals surface area contributed by atoms with Gasteiger partial charge in [0.2, 0.25) is 0 Å². The molecule has 0 aliphatic carbocycles. The van der Waals surface area contributed by atoms with Crippen LogP contribution in [0.1, 0.15) is 32.6 Å². The van der Waals surface area contributed by atoms with Crippen molar-refractivity contribution in [1.82, 2.24) is 0 Å². The summed E-state index contributed by atoms with van der Waals surface area (Å²) in [6, 6.07) is 0. The zero-order valence-corrected chi connectivity index (χ0v) is 7.04. The second-order valence-corrected chi connectivity index (χ2v) is 3.16. The molecule has 0 aliphatic heterocycles. The van der Waals surface area contributed by atoms with Gasteiger partial charge < -0.3 is 0 Å². The molecule has 0 rings (SSSR count). The van der Waals surface area contributed by atoms with Gasteiger partial charge in [-0.15, -0.1) is 11.8 Å². The van der Waals surface area contributed by atoms with E-state index in [4.69, 9.17) is 0 Å². The lowest BCUT2D eigenvalue weighted by atomic mass is 10.2. The molecule has 0 N–H and O–H groups in total. The molecule has 0 heterocycles. The summed E-state index contributed by atoms with van der Waals surface area (Å²) in [7, 11) is 0. The van der Waals surface area contributed by atoms with Crippen LogP contribution in [0.4, 0.5) is 0 Å². The van der Waals surface area contributed by atoms with Crippen LogP contribution in [-0.4, -0.2) is 11.7 Å². The summed E-state index contributed by atoms with van der Waals surface area (Å²) in [5, 5.41) is 10.7. The van der Waals surface area contributed by atoms with Crippen LogP contribution in [0.2, 0.25) is 0 Å². The zero-order chi connectivity index (χ0) is 7.11. The summed E-state index contributed by atoms with van der Waals surface area (Å²) in [4.78, 5) is 0. The highest BCUT2D eigenvalue weighted by atomic mass is 32.2. The molecule has 0 bridgehead atoms. The van der Waals surface area contributed by atoms with Crippen molar-refractivity contribution in [3.05, 3.63) is 0 Å². The lowest BCUT2D eigenvalue weighted by Crippen LogP contribution is -1.95. The molecule has 55 valence electrons. The van der Waals surface area contributed by atoms with Gasteiger partial charge in [0.15, 0.2) is 0 Å². The first-order valence-corrected chi connectivity index (χ1v) is 4.78. The SMILES string of the molecule is CCCCCC([O])SC. The van der Waals surface area contributed by atoms with E-state index in [0.29, 0.717) is 0 Å². The van der Waals surface area contributed by atoms with Gasteiger partial charge in [-0.25, -0.2) is 5.11 Å². The number of hydrogen-bond acceptors (Lipinski definition) is 1. The van der Waals surface area contributed by atoms with Crippen molar-refractivity contribution < 1.29 is 5.11 Å². The molecule has 0 fully saturated rings. The predicted octanol–water partition coefficient (Wildman–Crippen LogP) is 2.69. The molecular weight excluding hydrogens is 132 g/mol. The highest BCUT2D eigenvalue weighted by molar-refractivity contribution is 7.99. The number of hydrogen-bond donors (Lipinski definition) is 0. The minimum atomic E-state index is -0.378. The number of unbranched alkanes of at least 4 members (excludes halogenated alkanes) is 2. The van der Waals surface area contributed by atoms with Gasteiger partial charge in [-0.1, -0.05) is 19.8 Å². The van der Waals surface area contributed by atoms with Crippen LogP contribution in [-0.2, 0) is 5.11 Å². The van der Waals surface area contributed by atoms with E-state index in [1.807, 2.05) is 6.26 Å². The highest BCUT2D eigenvalue weighted by Crippen LogP contribution is 2.11. The fourth-order valence-corrected chi connectivity index (χ4v) is 1.08. The summed E-state index contributed by atoms with van der Waals surface area (Å²) in [5.41, 5.74) is -0.378. The standard InChI is InChI=1S/C7H15OS/c1-3-4-5-6-7(8)9-2/h7H,3-6H2,1-2H3. The zero-order valence-electron chi connectivity index (χ0n) is 6.22. The molecule has 0 saturated heterocycles. The second kappa shape index (κ2) is 6.43. The molecule has 1 radical (unpaired) electrons. The normalized spacial score (nSPS) is 13.7. The Morgan fingerprint density at radius 2 is 2.11 bits per heavy atom. The van der Waals surface area contributed by atoms with Crippen molar-refractivity contribution in [3.8, 4) is 0 Å². The Morgan fingerprint density at radius 3 is 2.56 bits per heavy atom. The summed E-state index contributed by atoms with van der Waals surface area (Å²) >= 11 is 1.42. The first-order valence-electron chi connectivity index (χ1n) is 3.50. The van der Waals surface area contributed by atoms with Gasteiger partial charge in [0.05, 0.1) is 0 Å². The molecule has 1 unspecified atom stereocenters. The maximum atomic E-state index is 10.7. The fourth-order valence-electron chi connectivity index (χ4n) is 0.679. The molecule has 0 saturated carbocycles. The molecule has 2 heteroatoms. The molecule has 1 atom stereocenters. The smallest absolute Gasteiger partial charge is 0.138 e. The third-order valence-electron chi connectivity index (χ3n) is 1.31. The van der Waals surface area contributed by atoms with Gasteiger partial charge in [0.25, 0.3) is 0 Å². The van der Waals surface area contributed by atoms with Gasteiger partial charge in [-0.05, 0) is 19.1 Å². The molecular formula is C7H15OS. The van der Waals surface area contributed by atoms with Crippen LogP contribution >= 0.6 is 11.8 Å². The largest absolute Gasteiger partial charge is 0.221 e. The fraction of sp³-hybridized carbons (Fsp3) is 1.00. The Balaban J connectivity index is 2.88. The molecule has 1 nitrogen and oxygen atoms in total. The third kappa shape index (κ3) is 6.19. The van der Waals surface area contributed by atoms with Crippen LogP contribution in [0.5, 0.6) is 0 Å². The van der Waals surface area contributed by atoms with Crippen molar-refractivity contribution >= 4 is 11.8 Å². The minimum Gasteiger partial charge on any atom is -0.221 e. The van der Waals surface area contributed by atoms with E-state index in [1.54, 1.807) is 0 Å². The van der Waals surface area contributed by atoms with Crippen LogP contribution in [0.15, 0.2) is 0 Å². The van der Waals surface area contributed by atoms with Crippen LogP contribution in [0.3, 0.4) is 0 Å². The topological polar surface area (TPSA) is 19.9 Å². The Bertz CT molecular complexity index is 56.9. The van der Waals surface area contributed by atoms with Crippen molar-refractivity contribution in [3.63, 3.8) is 0 Å². The van der Waals surface area contributed by atoms with E-state index in [2.05, 4.69) is 6.92 Å². The van der Waals surface area contributed by atoms with Gasteiger partial charge in [-0.2, -0.15) is 0 Å². The molecule has 0 spiro atoms. The first kappa shape index (κ1) is 9.31. The third-order valence-corrected chi connectivity index (χ3v) is 2.07. The Hall–Kier alpha value is 0.310. The summed E-state index contributed by atoms with van der Waals surface area (Å²) in [5.74, 6) is 0. The van der Waals surface area contributed by atoms with Crippen LogP contribution in [0, 0.1) is 0 Å². The number of thioether (sulfide) groups is 1. The van der Waals surface area contributed by atoms with Gasteiger partial charge in [0.1, 0.15) is 5.44 Å². The maximum absolute atomic E-state index is 10.7. The first-order chi connectivity index (χ1) is 4.31. The Morgan fingerprint density at radius 1 is 1.44 bits per heavy atom. The minimum absolute atomic E-state index is 0.378. The van der Waals surface area contributed by atoms with Crippen LogP contribution in [0.25, 0.3) is 0 Å². The van der Waals surface area contributed by atoms with Crippen molar-refractivity contribution in [2.24, 2.45) is 0 Å². The van der Waals surface area contributed by atoms with E-state index in [1.165, 1.54) is 24.6 Å². The van der Waals surface area contributed by atoms with E-state index >= 15 is 0 Å². The quantitative estimate of drug-likeness (QED) is 0.432. The molecule has 9 heavy (non-hydrogen) atoms. The van der Waals surface area contributed by atoms with Crippen LogP contribution < -0.4 is 0 Å². The van der Waals surface area contributed by atoms with E-state index in [0.717, 1.165) is 12.8 Å². The molecule has 0 aromatic heterocycles. The summed E-state index contributed by atoms with van der Waals surface area (Å²) in [6.07, 6.45) is 6.24.